The van der Waals surface area contributed by atoms with Crippen LogP contribution >= 0.6 is 11.3 Å². The first-order valence-electron chi connectivity index (χ1n) is 9.90. The van der Waals surface area contributed by atoms with Gasteiger partial charge in [-0.05, 0) is 54.8 Å². The highest BCUT2D eigenvalue weighted by atomic mass is 32.1. The van der Waals surface area contributed by atoms with Crippen LogP contribution in [0.3, 0.4) is 0 Å². The molecule has 1 atom stereocenters. The topological polar surface area (TPSA) is 75.2 Å². The summed E-state index contributed by atoms with van der Waals surface area (Å²) in [5.41, 5.74) is 1.24. The Labute approximate surface area is 181 Å². The second-order valence-electron chi connectivity index (χ2n) is 7.39. The monoisotopic (exact) mass is 442 g/mol. The lowest BCUT2D eigenvalue weighted by atomic mass is 9.98. The van der Waals surface area contributed by atoms with Gasteiger partial charge in [-0.1, -0.05) is 23.5 Å². The number of carbonyl (C=O) groups is 2. The van der Waals surface area contributed by atoms with E-state index in [9.17, 15) is 18.4 Å². The van der Waals surface area contributed by atoms with Gasteiger partial charge in [0.1, 0.15) is 16.6 Å². The van der Waals surface area contributed by atoms with Gasteiger partial charge in [-0.3, -0.25) is 9.59 Å². The van der Waals surface area contributed by atoms with Gasteiger partial charge in [0.2, 0.25) is 10.9 Å². The Kier molecular flexibility index (Phi) is 6.31. The van der Waals surface area contributed by atoms with E-state index in [2.05, 4.69) is 15.5 Å². The van der Waals surface area contributed by atoms with Crippen LogP contribution in [0.1, 0.15) is 39.1 Å². The third kappa shape index (κ3) is 5.29. The lowest BCUT2D eigenvalue weighted by molar-refractivity contribution is -0.131. The third-order valence-electron chi connectivity index (χ3n) is 5.13. The Bertz CT molecular complexity index is 1070. The zero-order valence-electron chi connectivity index (χ0n) is 16.6. The van der Waals surface area contributed by atoms with Gasteiger partial charge in [0.25, 0.3) is 5.91 Å². The lowest BCUT2D eigenvalue weighted by Crippen LogP contribution is -2.39. The number of likely N-dealkylation sites (tertiary alicyclic amines) is 1. The van der Waals surface area contributed by atoms with Gasteiger partial charge < -0.3 is 10.2 Å². The molecule has 1 aliphatic heterocycles. The zero-order chi connectivity index (χ0) is 21.8. The van der Waals surface area contributed by atoms with Crippen molar-refractivity contribution in [1.29, 1.82) is 0 Å². The Morgan fingerprint density at radius 2 is 1.71 bits per heavy atom. The van der Waals surface area contributed by atoms with Gasteiger partial charge >= 0.3 is 0 Å². The van der Waals surface area contributed by atoms with Crippen LogP contribution in [0.4, 0.5) is 14.5 Å². The van der Waals surface area contributed by atoms with E-state index < -0.39 is 5.91 Å². The second-order valence-corrected chi connectivity index (χ2v) is 8.40. The lowest BCUT2D eigenvalue weighted by Gasteiger charge is -2.31. The van der Waals surface area contributed by atoms with Gasteiger partial charge in [-0.25, -0.2) is 8.78 Å². The predicted octanol–water partition coefficient (Wildman–Crippen LogP) is 4.02. The van der Waals surface area contributed by atoms with E-state index in [0.717, 1.165) is 18.4 Å². The highest BCUT2D eigenvalue weighted by Gasteiger charge is 2.28. The highest BCUT2D eigenvalue weighted by molar-refractivity contribution is 7.13. The number of nitrogens with zero attached hydrogens (tertiary/aromatic N) is 3. The number of amides is 2. The van der Waals surface area contributed by atoms with E-state index in [1.54, 1.807) is 17.0 Å². The summed E-state index contributed by atoms with van der Waals surface area (Å²) in [5, 5.41) is 11.8. The smallest absolute Gasteiger partial charge is 0.286 e. The summed E-state index contributed by atoms with van der Waals surface area (Å²) in [4.78, 5) is 26.9. The summed E-state index contributed by atoms with van der Waals surface area (Å²) in [6, 6.07) is 11.4. The summed E-state index contributed by atoms with van der Waals surface area (Å²) in [7, 11) is 0. The molecule has 2 amide bonds. The molecule has 1 aromatic heterocycles. The number of piperidine rings is 1. The van der Waals surface area contributed by atoms with Crippen LogP contribution in [0.25, 0.3) is 0 Å². The largest absolute Gasteiger partial charge is 0.342 e. The fourth-order valence-electron chi connectivity index (χ4n) is 3.50. The number of rotatable bonds is 5. The van der Waals surface area contributed by atoms with Gasteiger partial charge in [-0.15, -0.1) is 10.2 Å². The molecule has 160 valence electrons. The maximum atomic E-state index is 13.1. The van der Waals surface area contributed by atoms with Crippen molar-refractivity contribution in [2.45, 2.75) is 25.2 Å². The fourth-order valence-corrected chi connectivity index (χ4v) is 4.37. The number of nitrogens with one attached hydrogen (secondary N) is 1. The Balaban J connectivity index is 1.37. The van der Waals surface area contributed by atoms with Crippen molar-refractivity contribution in [1.82, 2.24) is 15.1 Å². The minimum absolute atomic E-state index is 0.00999. The van der Waals surface area contributed by atoms with Crippen LogP contribution in [0.15, 0.2) is 48.5 Å². The van der Waals surface area contributed by atoms with E-state index >= 15 is 0 Å². The number of anilines is 1. The molecule has 0 spiro atoms. The molecule has 1 N–H and O–H groups in total. The maximum absolute atomic E-state index is 13.1. The Morgan fingerprint density at radius 1 is 1.03 bits per heavy atom. The van der Waals surface area contributed by atoms with Crippen molar-refractivity contribution in [2.24, 2.45) is 0 Å². The molecule has 0 radical (unpaired) electrons. The standard InChI is InChI=1S/C22H20F2N4O2S/c23-16-5-3-14(4-6-16)12-19(29)28-11-1-2-15(13-28)21-26-27-22(31-21)20(30)25-18-9-7-17(24)8-10-18/h3-10,15H,1-2,11-13H2,(H,25,30). The van der Waals surface area contributed by atoms with Crippen molar-refractivity contribution >= 4 is 28.8 Å². The minimum atomic E-state index is -0.407. The van der Waals surface area contributed by atoms with E-state index in [1.807, 2.05) is 0 Å². The molecular weight excluding hydrogens is 422 g/mol. The van der Waals surface area contributed by atoms with Gasteiger partial charge in [-0.2, -0.15) is 0 Å². The van der Waals surface area contributed by atoms with Crippen molar-refractivity contribution in [3.63, 3.8) is 0 Å². The van der Waals surface area contributed by atoms with Crippen LogP contribution < -0.4 is 5.32 Å². The average molecular weight is 442 g/mol. The van der Waals surface area contributed by atoms with E-state index in [4.69, 9.17) is 0 Å². The van der Waals surface area contributed by atoms with Crippen molar-refractivity contribution < 1.29 is 18.4 Å². The Hall–Kier alpha value is -3.20. The molecule has 9 heteroatoms. The van der Waals surface area contributed by atoms with Gasteiger partial charge in [0, 0.05) is 24.7 Å². The molecule has 1 unspecified atom stereocenters. The fraction of sp³-hybridized carbons (Fsp3) is 0.273. The zero-order valence-corrected chi connectivity index (χ0v) is 17.4. The first-order chi connectivity index (χ1) is 15.0. The van der Waals surface area contributed by atoms with Crippen molar-refractivity contribution in [2.75, 3.05) is 18.4 Å². The molecule has 3 aromatic rings. The summed E-state index contributed by atoms with van der Waals surface area (Å²) in [6.07, 6.45) is 1.90. The average Bonchev–Trinajstić information content (AvgIpc) is 3.28. The number of hydrogen-bond acceptors (Lipinski definition) is 5. The molecule has 0 aliphatic carbocycles. The molecule has 4 rings (SSSR count). The Morgan fingerprint density at radius 3 is 2.42 bits per heavy atom. The molecule has 6 nitrogen and oxygen atoms in total. The third-order valence-corrected chi connectivity index (χ3v) is 6.21. The van der Waals surface area contributed by atoms with E-state index in [0.29, 0.717) is 23.8 Å². The van der Waals surface area contributed by atoms with Crippen LogP contribution in [-0.4, -0.2) is 40.0 Å². The van der Waals surface area contributed by atoms with Crippen LogP contribution in [0.2, 0.25) is 0 Å². The van der Waals surface area contributed by atoms with Gasteiger partial charge in [0.05, 0.1) is 6.42 Å². The molecule has 0 saturated carbocycles. The molecule has 0 bridgehead atoms. The number of carbonyl (C=O) groups excluding carboxylic acids is 2. The molecule has 1 aliphatic rings. The summed E-state index contributed by atoms with van der Waals surface area (Å²) in [5.74, 6) is -1.13. The molecular formula is C22H20F2N4O2S. The maximum Gasteiger partial charge on any atom is 0.286 e. The normalized spacial score (nSPS) is 16.2. The first-order valence-corrected chi connectivity index (χ1v) is 10.7. The van der Waals surface area contributed by atoms with E-state index in [1.165, 1.54) is 47.7 Å². The quantitative estimate of drug-likeness (QED) is 0.648. The number of hydrogen-bond donors (Lipinski definition) is 1. The predicted molar refractivity (Wildman–Crippen MR) is 113 cm³/mol. The molecule has 2 heterocycles. The van der Waals surface area contributed by atoms with Crippen LogP contribution in [0, 0.1) is 11.6 Å². The molecule has 31 heavy (non-hydrogen) atoms. The number of aromatic nitrogens is 2. The van der Waals surface area contributed by atoms with E-state index in [-0.39, 0.29) is 34.9 Å². The highest BCUT2D eigenvalue weighted by Crippen LogP contribution is 2.29. The van der Waals surface area contributed by atoms with Crippen LogP contribution in [0.5, 0.6) is 0 Å². The summed E-state index contributed by atoms with van der Waals surface area (Å²) < 4.78 is 26.1. The summed E-state index contributed by atoms with van der Waals surface area (Å²) >= 11 is 1.20. The molecule has 1 fully saturated rings. The van der Waals surface area contributed by atoms with Crippen molar-refractivity contribution in [3.8, 4) is 0 Å². The second kappa shape index (κ2) is 9.30. The SMILES string of the molecule is O=C(Nc1ccc(F)cc1)c1nnc(C2CCCN(C(=O)Cc3ccc(F)cc3)C2)s1. The minimum Gasteiger partial charge on any atom is -0.342 e. The first kappa shape index (κ1) is 21.0. The number of benzene rings is 2. The summed E-state index contributed by atoms with van der Waals surface area (Å²) in [6.45, 7) is 1.17. The number of halogens is 2. The van der Waals surface area contributed by atoms with Crippen LogP contribution in [-0.2, 0) is 11.2 Å². The molecule has 2 aromatic carbocycles. The van der Waals surface area contributed by atoms with Crippen molar-refractivity contribution in [3.05, 3.63) is 75.7 Å². The molecule has 1 saturated heterocycles. The van der Waals surface area contributed by atoms with Gasteiger partial charge in [0.15, 0.2) is 0 Å².